The Morgan fingerprint density at radius 1 is 1.26 bits per heavy atom. The molecule has 1 aromatic rings. The molecule has 1 heterocycles. The van der Waals surface area contributed by atoms with Gasteiger partial charge in [0.2, 0.25) is 5.91 Å². The van der Waals surface area contributed by atoms with Crippen molar-refractivity contribution in [2.45, 2.75) is 32.2 Å². The third kappa shape index (κ3) is 3.34. The lowest BCUT2D eigenvalue weighted by molar-refractivity contribution is -0.146. The number of carboxylic acids is 1. The Bertz CT molecular complexity index is 458. The van der Waals surface area contributed by atoms with Crippen LogP contribution in [0.2, 0.25) is 0 Å². The molecule has 0 unspecified atom stereocenters. The quantitative estimate of drug-likeness (QED) is 0.904. The molecule has 1 amide bonds. The average molecular weight is 261 g/mol. The molecule has 0 radical (unpaired) electrons. The highest BCUT2D eigenvalue weighted by Gasteiger charge is 2.32. The number of carbonyl (C=O) groups excluding carboxylic acids is 1. The number of amides is 1. The minimum Gasteiger partial charge on any atom is -0.481 e. The summed E-state index contributed by atoms with van der Waals surface area (Å²) < 4.78 is 0. The van der Waals surface area contributed by atoms with E-state index in [9.17, 15) is 9.59 Å². The molecule has 2 rings (SSSR count). The van der Waals surface area contributed by atoms with Crippen LogP contribution in [0.5, 0.6) is 0 Å². The van der Waals surface area contributed by atoms with Crippen molar-refractivity contribution in [3.8, 4) is 0 Å². The molecule has 2 atom stereocenters. The molecular weight excluding hydrogens is 242 g/mol. The number of hydrogen-bond donors (Lipinski definition) is 1. The Kier molecular flexibility index (Phi) is 4.20. The largest absolute Gasteiger partial charge is 0.481 e. The molecule has 1 aromatic carbocycles. The first-order chi connectivity index (χ1) is 9.08. The van der Waals surface area contributed by atoms with Crippen molar-refractivity contribution in [1.29, 1.82) is 0 Å². The second-order valence-electron chi connectivity index (χ2n) is 5.17. The van der Waals surface area contributed by atoms with Crippen LogP contribution in [0.4, 0.5) is 0 Å². The topological polar surface area (TPSA) is 57.6 Å². The minimum absolute atomic E-state index is 0.0182. The normalized spacial score (nSPS) is 23.1. The summed E-state index contributed by atoms with van der Waals surface area (Å²) in [6.07, 6.45) is 1.76. The summed E-state index contributed by atoms with van der Waals surface area (Å²) in [5.41, 5.74) is 0.970. The summed E-state index contributed by atoms with van der Waals surface area (Å²) in [7, 11) is 0. The van der Waals surface area contributed by atoms with E-state index in [0.717, 1.165) is 12.0 Å². The highest BCUT2D eigenvalue weighted by atomic mass is 16.4. The maximum absolute atomic E-state index is 12.3. The van der Waals surface area contributed by atoms with Crippen LogP contribution in [0, 0.1) is 5.92 Å². The first kappa shape index (κ1) is 13.6. The number of nitrogens with zero attached hydrogens (tertiary/aromatic N) is 1. The van der Waals surface area contributed by atoms with E-state index in [0.29, 0.717) is 19.4 Å². The monoisotopic (exact) mass is 261 g/mol. The number of aliphatic carboxylic acids is 1. The number of rotatable bonds is 3. The van der Waals surface area contributed by atoms with Gasteiger partial charge in [0.25, 0.3) is 0 Å². The molecule has 0 spiro atoms. The van der Waals surface area contributed by atoms with Crippen molar-refractivity contribution >= 4 is 11.9 Å². The van der Waals surface area contributed by atoms with Gasteiger partial charge < -0.3 is 10.0 Å². The zero-order valence-electron chi connectivity index (χ0n) is 11.1. The van der Waals surface area contributed by atoms with Gasteiger partial charge in [-0.1, -0.05) is 30.3 Å². The van der Waals surface area contributed by atoms with Gasteiger partial charge in [0, 0.05) is 12.6 Å². The van der Waals surface area contributed by atoms with Crippen LogP contribution in [-0.2, 0) is 16.0 Å². The molecule has 1 aliphatic rings. The van der Waals surface area contributed by atoms with Gasteiger partial charge in [-0.3, -0.25) is 9.59 Å². The lowest BCUT2D eigenvalue weighted by atomic mass is 9.93. The number of carbonyl (C=O) groups is 2. The molecule has 0 aliphatic carbocycles. The van der Waals surface area contributed by atoms with Gasteiger partial charge in [-0.25, -0.2) is 0 Å². The minimum atomic E-state index is -0.801. The molecule has 102 valence electrons. The summed E-state index contributed by atoms with van der Waals surface area (Å²) in [4.78, 5) is 25.0. The first-order valence-electron chi connectivity index (χ1n) is 6.64. The summed E-state index contributed by atoms with van der Waals surface area (Å²) >= 11 is 0. The van der Waals surface area contributed by atoms with E-state index in [2.05, 4.69) is 0 Å². The highest BCUT2D eigenvalue weighted by Crippen LogP contribution is 2.22. The predicted molar refractivity (Wildman–Crippen MR) is 71.7 cm³/mol. The van der Waals surface area contributed by atoms with E-state index in [1.807, 2.05) is 37.3 Å². The summed E-state index contributed by atoms with van der Waals surface area (Å²) in [6.45, 7) is 2.32. The van der Waals surface area contributed by atoms with Crippen molar-refractivity contribution < 1.29 is 14.7 Å². The molecule has 0 bridgehead atoms. The second-order valence-corrected chi connectivity index (χ2v) is 5.17. The molecule has 0 saturated carbocycles. The van der Waals surface area contributed by atoms with Crippen molar-refractivity contribution in [3.05, 3.63) is 35.9 Å². The summed E-state index contributed by atoms with van der Waals surface area (Å²) in [6, 6.07) is 9.69. The van der Waals surface area contributed by atoms with E-state index in [1.165, 1.54) is 0 Å². The predicted octanol–water partition coefficient (Wildman–Crippen LogP) is 1.94. The van der Waals surface area contributed by atoms with Crippen LogP contribution < -0.4 is 0 Å². The molecule has 19 heavy (non-hydrogen) atoms. The molecular formula is C15H19NO3. The third-order valence-corrected chi connectivity index (χ3v) is 3.75. The van der Waals surface area contributed by atoms with Crippen molar-refractivity contribution in [1.82, 2.24) is 4.90 Å². The van der Waals surface area contributed by atoms with Gasteiger partial charge in [0.15, 0.2) is 0 Å². The Hall–Kier alpha value is -1.84. The number of hydrogen-bond acceptors (Lipinski definition) is 2. The maximum atomic E-state index is 12.3. The van der Waals surface area contributed by atoms with Gasteiger partial charge in [0.05, 0.1) is 12.3 Å². The lowest BCUT2D eigenvalue weighted by Crippen LogP contribution is -2.47. The smallest absolute Gasteiger partial charge is 0.308 e. The number of carboxylic acid groups (broad SMARTS) is 1. The fourth-order valence-corrected chi connectivity index (χ4v) is 2.53. The maximum Gasteiger partial charge on any atom is 0.308 e. The number of piperidine rings is 1. The van der Waals surface area contributed by atoms with Gasteiger partial charge in [0.1, 0.15) is 0 Å². The standard InChI is InChI=1S/C15H19NO3/c1-11-7-8-13(15(18)19)10-16(11)14(17)9-12-5-3-2-4-6-12/h2-6,11,13H,7-10H2,1H3,(H,18,19)/t11-,13+/m0/s1. The Morgan fingerprint density at radius 2 is 1.95 bits per heavy atom. The zero-order chi connectivity index (χ0) is 13.8. The summed E-state index contributed by atoms with van der Waals surface area (Å²) in [5.74, 6) is -1.20. The van der Waals surface area contributed by atoms with Crippen LogP contribution in [0.15, 0.2) is 30.3 Å². The van der Waals surface area contributed by atoms with Crippen molar-refractivity contribution in [3.63, 3.8) is 0 Å². The van der Waals surface area contributed by atoms with Gasteiger partial charge in [-0.15, -0.1) is 0 Å². The van der Waals surface area contributed by atoms with Crippen LogP contribution in [0.3, 0.4) is 0 Å². The molecule has 4 heteroatoms. The number of likely N-dealkylation sites (tertiary alicyclic amines) is 1. The van der Waals surface area contributed by atoms with E-state index in [-0.39, 0.29) is 11.9 Å². The van der Waals surface area contributed by atoms with E-state index in [4.69, 9.17) is 5.11 Å². The molecule has 1 N–H and O–H groups in total. The third-order valence-electron chi connectivity index (χ3n) is 3.75. The molecule has 1 aliphatic heterocycles. The van der Waals surface area contributed by atoms with E-state index >= 15 is 0 Å². The molecule has 1 fully saturated rings. The van der Waals surface area contributed by atoms with Gasteiger partial charge in [-0.2, -0.15) is 0 Å². The van der Waals surface area contributed by atoms with Crippen molar-refractivity contribution in [2.24, 2.45) is 5.92 Å². The highest BCUT2D eigenvalue weighted by molar-refractivity contribution is 5.80. The molecule has 0 aromatic heterocycles. The van der Waals surface area contributed by atoms with Crippen LogP contribution in [0.25, 0.3) is 0 Å². The SMILES string of the molecule is C[C@H]1CC[C@@H](C(=O)O)CN1C(=O)Cc1ccccc1. The zero-order valence-corrected chi connectivity index (χ0v) is 11.1. The van der Waals surface area contributed by atoms with Crippen LogP contribution >= 0.6 is 0 Å². The number of benzene rings is 1. The second kappa shape index (κ2) is 5.87. The first-order valence-corrected chi connectivity index (χ1v) is 6.64. The Labute approximate surface area is 113 Å². The van der Waals surface area contributed by atoms with E-state index < -0.39 is 11.9 Å². The fourth-order valence-electron chi connectivity index (χ4n) is 2.53. The fraction of sp³-hybridized carbons (Fsp3) is 0.467. The van der Waals surface area contributed by atoms with Crippen LogP contribution in [-0.4, -0.2) is 34.5 Å². The van der Waals surface area contributed by atoms with Crippen molar-refractivity contribution in [2.75, 3.05) is 6.54 Å². The van der Waals surface area contributed by atoms with Gasteiger partial charge >= 0.3 is 5.97 Å². The average Bonchev–Trinajstić information content (AvgIpc) is 2.40. The molecule has 4 nitrogen and oxygen atoms in total. The Balaban J connectivity index is 2.02. The lowest BCUT2D eigenvalue weighted by Gasteiger charge is -2.36. The van der Waals surface area contributed by atoms with Gasteiger partial charge in [-0.05, 0) is 25.3 Å². The Morgan fingerprint density at radius 3 is 2.58 bits per heavy atom. The summed E-state index contributed by atoms with van der Waals surface area (Å²) in [5, 5.41) is 9.08. The van der Waals surface area contributed by atoms with E-state index in [1.54, 1.807) is 4.90 Å². The van der Waals surface area contributed by atoms with Crippen LogP contribution in [0.1, 0.15) is 25.3 Å². The molecule has 1 saturated heterocycles.